The van der Waals surface area contributed by atoms with Gasteiger partial charge < -0.3 is 10.6 Å². The number of hydrogen-bond acceptors (Lipinski definition) is 4. The van der Waals surface area contributed by atoms with Gasteiger partial charge in [-0.3, -0.25) is 4.98 Å². The molecule has 1 aromatic carbocycles. The van der Waals surface area contributed by atoms with Crippen LogP contribution in [0.2, 0.25) is 0 Å². The van der Waals surface area contributed by atoms with Crippen molar-refractivity contribution in [3.63, 3.8) is 0 Å². The molecule has 22 heavy (non-hydrogen) atoms. The molecule has 0 spiro atoms. The third-order valence-electron chi connectivity index (χ3n) is 2.85. The lowest BCUT2D eigenvalue weighted by Gasteiger charge is -2.07. The van der Waals surface area contributed by atoms with Gasteiger partial charge in [-0.2, -0.15) is 17.0 Å². The minimum Gasteiger partial charge on any atom is -0.337 e. The lowest BCUT2D eigenvalue weighted by atomic mass is 10.1. The van der Waals surface area contributed by atoms with Crippen LogP contribution in [0.3, 0.4) is 0 Å². The van der Waals surface area contributed by atoms with E-state index in [-0.39, 0.29) is 6.03 Å². The number of benzene rings is 1. The van der Waals surface area contributed by atoms with Crippen LogP contribution in [0.15, 0.2) is 48.8 Å². The van der Waals surface area contributed by atoms with Crippen molar-refractivity contribution >= 4 is 23.5 Å². The molecule has 6 heteroatoms. The van der Waals surface area contributed by atoms with Crippen LogP contribution in [-0.4, -0.2) is 23.3 Å². The van der Waals surface area contributed by atoms with Gasteiger partial charge in [-0.05, 0) is 23.8 Å². The fourth-order valence-electron chi connectivity index (χ4n) is 1.79. The molecular weight excluding hydrogens is 296 g/mol. The summed E-state index contributed by atoms with van der Waals surface area (Å²) >= 11 is 1.68. The average Bonchev–Trinajstić information content (AvgIpc) is 2.56. The number of urea groups is 1. The van der Waals surface area contributed by atoms with E-state index in [1.165, 1.54) is 0 Å². The van der Waals surface area contributed by atoms with Gasteiger partial charge in [0.15, 0.2) is 0 Å². The lowest BCUT2D eigenvalue weighted by molar-refractivity contribution is 0.252. The first-order chi connectivity index (χ1) is 10.8. The summed E-state index contributed by atoms with van der Waals surface area (Å²) in [6.45, 7) is 0.561. The molecule has 2 N–H and O–H groups in total. The Kier molecular flexibility index (Phi) is 6.27. The molecule has 0 atom stereocenters. The Labute approximate surface area is 133 Å². The maximum Gasteiger partial charge on any atom is 0.319 e. The van der Waals surface area contributed by atoms with Crippen molar-refractivity contribution in [3.8, 4) is 6.07 Å². The Bertz CT molecular complexity index is 655. The van der Waals surface area contributed by atoms with Gasteiger partial charge in [-0.15, -0.1) is 0 Å². The third-order valence-corrected chi connectivity index (χ3v) is 3.85. The number of pyridine rings is 1. The molecule has 112 valence electrons. The molecule has 1 aromatic heterocycles. The Morgan fingerprint density at radius 2 is 2.14 bits per heavy atom. The highest BCUT2D eigenvalue weighted by molar-refractivity contribution is 7.98. The maximum absolute atomic E-state index is 11.6. The second-order valence-corrected chi connectivity index (χ2v) is 5.55. The van der Waals surface area contributed by atoms with Crippen molar-refractivity contribution < 1.29 is 4.79 Å². The molecule has 2 rings (SSSR count). The summed E-state index contributed by atoms with van der Waals surface area (Å²) in [7, 11) is 0. The van der Waals surface area contributed by atoms with Crippen molar-refractivity contribution in [2.24, 2.45) is 0 Å². The summed E-state index contributed by atoms with van der Waals surface area (Å²) < 4.78 is 0. The molecule has 2 aromatic rings. The summed E-state index contributed by atoms with van der Waals surface area (Å²) in [6, 6.07) is 13.0. The summed E-state index contributed by atoms with van der Waals surface area (Å²) in [5, 5.41) is 14.5. The number of carbonyl (C=O) groups is 1. The van der Waals surface area contributed by atoms with E-state index in [9.17, 15) is 4.79 Å². The average molecular weight is 312 g/mol. The van der Waals surface area contributed by atoms with Crippen molar-refractivity contribution in [1.82, 2.24) is 10.3 Å². The predicted molar refractivity (Wildman–Crippen MR) is 88.6 cm³/mol. The van der Waals surface area contributed by atoms with Gasteiger partial charge in [0, 0.05) is 24.2 Å². The molecule has 0 aliphatic rings. The SMILES string of the molecule is N#Cc1ccccc1CSCCNC(=O)Nc1cccnc1. The highest BCUT2D eigenvalue weighted by atomic mass is 32.2. The van der Waals surface area contributed by atoms with Crippen LogP contribution in [0.1, 0.15) is 11.1 Å². The molecule has 0 fully saturated rings. The maximum atomic E-state index is 11.6. The number of carbonyl (C=O) groups excluding carboxylic acids is 1. The molecule has 0 bridgehead atoms. The van der Waals surface area contributed by atoms with Crippen molar-refractivity contribution in [1.29, 1.82) is 5.26 Å². The number of nitriles is 1. The van der Waals surface area contributed by atoms with Crippen LogP contribution in [0.25, 0.3) is 0 Å². The first-order valence-electron chi connectivity index (χ1n) is 6.80. The van der Waals surface area contributed by atoms with Crippen LogP contribution < -0.4 is 10.6 Å². The number of anilines is 1. The molecule has 0 saturated heterocycles. The zero-order valence-corrected chi connectivity index (χ0v) is 12.8. The third kappa shape index (κ3) is 5.11. The predicted octanol–water partition coefficient (Wildman–Crippen LogP) is 3.01. The van der Waals surface area contributed by atoms with Crippen molar-refractivity contribution in [2.75, 3.05) is 17.6 Å². The number of hydrogen-bond donors (Lipinski definition) is 2. The summed E-state index contributed by atoms with van der Waals surface area (Å²) in [5.41, 5.74) is 2.39. The number of aromatic nitrogens is 1. The molecule has 1 heterocycles. The van der Waals surface area contributed by atoms with Gasteiger partial charge in [0.2, 0.25) is 0 Å². The largest absolute Gasteiger partial charge is 0.337 e. The van der Waals surface area contributed by atoms with Gasteiger partial charge in [-0.1, -0.05) is 18.2 Å². The Balaban J connectivity index is 1.65. The number of nitrogens with one attached hydrogen (secondary N) is 2. The first kappa shape index (κ1) is 15.9. The number of amides is 2. The van der Waals surface area contributed by atoms with Crippen LogP contribution in [0.4, 0.5) is 10.5 Å². The quantitative estimate of drug-likeness (QED) is 0.804. The minimum atomic E-state index is -0.244. The summed E-state index contributed by atoms with van der Waals surface area (Å²) in [4.78, 5) is 15.6. The number of rotatable bonds is 6. The Morgan fingerprint density at radius 3 is 2.91 bits per heavy atom. The van der Waals surface area contributed by atoms with E-state index < -0.39 is 0 Å². The number of nitrogens with zero attached hydrogens (tertiary/aromatic N) is 2. The summed E-state index contributed by atoms with van der Waals surface area (Å²) in [5.74, 6) is 1.54. The molecule has 2 amide bonds. The van der Waals surface area contributed by atoms with Crippen LogP contribution in [0, 0.1) is 11.3 Å². The second kappa shape index (κ2) is 8.70. The second-order valence-electron chi connectivity index (χ2n) is 4.44. The molecule has 0 unspecified atom stereocenters. The van der Waals surface area contributed by atoms with E-state index in [4.69, 9.17) is 5.26 Å². The van der Waals surface area contributed by atoms with Gasteiger partial charge in [0.25, 0.3) is 0 Å². The van der Waals surface area contributed by atoms with Crippen LogP contribution >= 0.6 is 11.8 Å². The lowest BCUT2D eigenvalue weighted by Crippen LogP contribution is -2.30. The van der Waals surface area contributed by atoms with Crippen molar-refractivity contribution in [3.05, 3.63) is 59.9 Å². The normalized spacial score (nSPS) is 9.77. The molecule has 0 aliphatic carbocycles. The van der Waals surface area contributed by atoms with E-state index in [1.54, 1.807) is 36.3 Å². The smallest absolute Gasteiger partial charge is 0.319 e. The Morgan fingerprint density at radius 1 is 1.27 bits per heavy atom. The van der Waals surface area contributed by atoms with E-state index in [0.29, 0.717) is 17.8 Å². The van der Waals surface area contributed by atoms with Gasteiger partial charge in [0.1, 0.15) is 0 Å². The van der Waals surface area contributed by atoms with E-state index in [2.05, 4.69) is 21.7 Å². The minimum absolute atomic E-state index is 0.244. The topological polar surface area (TPSA) is 77.8 Å². The first-order valence-corrected chi connectivity index (χ1v) is 7.95. The van der Waals surface area contributed by atoms with E-state index in [1.807, 2.05) is 24.3 Å². The highest BCUT2D eigenvalue weighted by Gasteiger charge is 2.02. The van der Waals surface area contributed by atoms with Gasteiger partial charge in [0.05, 0.1) is 23.5 Å². The van der Waals surface area contributed by atoms with Crippen molar-refractivity contribution in [2.45, 2.75) is 5.75 Å². The summed E-state index contributed by atoms with van der Waals surface area (Å²) in [6.07, 6.45) is 3.24. The van der Waals surface area contributed by atoms with Crippen LogP contribution in [0.5, 0.6) is 0 Å². The fraction of sp³-hybridized carbons (Fsp3) is 0.188. The molecule has 5 nitrogen and oxygen atoms in total. The zero-order chi connectivity index (χ0) is 15.6. The molecular formula is C16H16N4OS. The zero-order valence-electron chi connectivity index (χ0n) is 12.0. The van der Waals surface area contributed by atoms with Gasteiger partial charge >= 0.3 is 6.03 Å². The number of thioether (sulfide) groups is 1. The molecule has 0 aliphatic heterocycles. The van der Waals surface area contributed by atoms with E-state index >= 15 is 0 Å². The Hall–Kier alpha value is -2.52. The molecule has 0 saturated carbocycles. The highest BCUT2D eigenvalue weighted by Crippen LogP contribution is 2.15. The monoisotopic (exact) mass is 312 g/mol. The molecule has 0 radical (unpaired) electrons. The standard InChI is InChI=1S/C16H16N4OS/c17-10-13-4-1-2-5-14(13)12-22-9-8-19-16(21)20-15-6-3-7-18-11-15/h1-7,11H,8-9,12H2,(H2,19,20,21). The fourth-order valence-corrected chi connectivity index (χ4v) is 2.65. The van der Waals surface area contributed by atoms with Crippen LogP contribution in [-0.2, 0) is 5.75 Å². The van der Waals surface area contributed by atoms with Gasteiger partial charge in [-0.25, -0.2) is 4.79 Å². The van der Waals surface area contributed by atoms with E-state index in [0.717, 1.165) is 17.1 Å².